The Balaban J connectivity index is 2.05. The van der Waals surface area contributed by atoms with Crippen LogP contribution in [0, 0.1) is 0 Å². The van der Waals surface area contributed by atoms with Crippen LogP contribution < -0.4 is 5.32 Å². The van der Waals surface area contributed by atoms with Crippen molar-refractivity contribution in [1.82, 2.24) is 5.32 Å². The van der Waals surface area contributed by atoms with Crippen molar-refractivity contribution >= 4 is 5.91 Å². The van der Waals surface area contributed by atoms with E-state index in [2.05, 4.69) is 11.4 Å². The SMILES string of the molecule is O=C(CO)NC1Cc2ccccc21. The Bertz CT molecular complexity index is 335. The zero-order valence-electron chi connectivity index (χ0n) is 7.16. The highest BCUT2D eigenvalue weighted by Crippen LogP contribution is 2.32. The average molecular weight is 177 g/mol. The maximum atomic E-state index is 10.9. The highest BCUT2D eigenvalue weighted by Gasteiger charge is 2.26. The van der Waals surface area contributed by atoms with Gasteiger partial charge in [-0.05, 0) is 17.5 Å². The highest BCUT2D eigenvalue weighted by atomic mass is 16.3. The Labute approximate surface area is 76.4 Å². The Hall–Kier alpha value is -1.35. The fourth-order valence-corrected chi connectivity index (χ4v) is 1.63. The van der Waals surface area contributed by atoms with E-state index in [1.54, 1.807) is 0 Å². The van der Waals surface area contributed by atoms with E-state index >= 15 is 0 Å². The smallest absolute Gasteiger partial charge is 0.246 e. The molecule has 1 aliphatic carbocycles. The highest BCUT2D eigenvalue weighted by molar-refractivity contribution is 5.77. The summed E-state index contributed by atoms with van der Waals surface area (Å²) in [7, 11) is 0. The van der Waals surface area contributed by atoms with Crippen LogP contribution in [0.3, 0.4) is 0 Å². The standard InChI is InChI=1S/C10H11NO2/c12-6-10(13)11-9-5-7-3-1-2-4-8(7)9/h1-4,9,12H,5-6H2,(H,11,13). The van der Waals surface area contributed by atoms with E-state index in [0.717, 1.165) is 6.42 Å². The van der Waals surface area contributed by atoms with E-state index in [1.165, 1.54) is 11.1 Å². The summed E-state index contributed by atoms with van der Waals surface area (Å²) in [5.74, 6) is -0.306. The molecule has 0 spiro atoms. The van der Waals surface area contributed by atoms with Gasteiger partial charge in [-0.15, -0.1) is 0 Å². The quantitative estimate of drug-likeness (QED) is 0.686. The molecule has 0 radical (unpaired) electrons. The van der Waals surface area contributed by atoms with Gasteiger partial charge in [0, 0.05) is 0 Å². The Morgan fingerprint density at radius 2 is 2.31 bits per heavy atom. The third kappa shape index (κ3) is 1.42. The van der Waals surface area contributed by atoms with Gasteiger partial charge in [-0.2, -0.15) is 0 Å². The van der Waals surface area contributed by atoms with Crippen LogP contribution in [-0.2, 0) is 11.2 Å². The first-order valence-electron chi connectivity index (χ1n) is 4.29. The number of rotatable bonds is 2. The fourth-order valence-electron chi connectivity index (χ4n) is 1.63. The first kappa shape index (κ1) is 8.26. The minimum Gasteiger partial charge on any atom is -0.387 e. The molecule has 2 N–H and O–H groups in total. The lowest BCUT2D eigenvalue weighted by molar-refractivity contribution is -0.124. The lowest BCUT2D eigenvalue weighted by Crippen LogP contribution is -2.37. The van der Waals surface area contributed by atoms with Crippen molar-refractivity contribution in [3.05, 3.63) is 35.4 Å². The largest absolute Gasteiger partial charge is 0.387 e. The minimum atomic E-state index is -0.432. The van der Waals surface area contributed by atoms with Crippen LogP contribution in [0.5, 0.6) is 0 Å². The van der Waals surface area contributed by atoms with Gasteiger partial charge in [-0.1, -0.05) is 24.3 Å². The third-order valence-corrected chi connectivity index (χ3v) is 2.33. The summed E-state index contributed by atoms with van der Waals surface area (Å²) in [6.45, 7) is -0.432. The zero-order valence-corrected chi connectivity index (χ0v) is 7.16. The molecule has 1 unspecified atom stereocenters. The van der Waals surface area contributed by atoms with Crippen LogP contribution in [0.15, 0.2) is 24.3 Å². The lowest BCUT2D eigenvalue weighted by Gasteiger charge is -2.30. The van der Waals surface area contributed by atoms with E-state index in [0.29, 0.717) is 0 Å². The first-order valence-corrected chi connectivity index (χ1v) is 4.29. The summed E-state index contributed by atoms with van der Waals surface area (Å²) in [6, 6.07) is 8.10. The normalized spacial score (nSPS) is 18.7. The van der Waals surface area contributed by atoms with Crippen molar-refractivity contribution in [1.29, 1.82) is 0 Å². The van der Waals surface area contributed by atoms with Crippen molar-refractivity contribution in [3.8, 4) is 0 Å². The van der Waals surface area contributed by atoms with Crippen LogP contribution in [0.2, 0.25) is 0 Å². The number of carbonyl (C=O) groups is 1. The third-order valence-electron chi connectivity index (χ3n) is 2.33. The molecule has 0 bridgehead atoms. The fraction of sp³-hybridized carbons (Fsp3) is 0.300. The molecule has 1 amide bonds. The first-order chi connectivity index (χ1) is 6.31. The second-order valence-corrected chi connectivity index (χ2v) is 3.18. The summed E-state index contributed by atoms with van der Waals surface area (Å²) >= 11 is 0. The van der Waals surface area contributed by atoms with Gasteiger partial charge in [0.25, 0.3) is 0 Å². The molecule has 0 heterocycles. The molecule has 0 aromatic heterocycles. The summed E-state index contributed by atoms with van der Waals surface area (Å²) in [6.07, 6.45) is 0.877. The number of aliphatic hydroxyl groups is 1. The number of fused-ring (bicyclic) bond motifs is 1. The van der Waals surface area contributed by atoms with Crippen LogP contribution in [0.1, 0.15) is 17.2 Å². The van der Waals surface area contributed by atoms with Crippen LogP contribution in [-0.4, -0.2) is 17.6 Å². The van der Waals surface area contributed by atoms with Crippen molar-refractivity contribution in [3.63, 3.8) is 0 Å². The van der Waals surface area contributed by atoms with Gasteiger partial charge in [0.15, 0.2) is 0 Å². The minimum absolute atomic E-state index is 0.107. The average Bonchev–Trinajstić information content (AvgIpc) is 2.14. The number of hydrogen-bond acceptors (Lipinski definition) is 2. The maximum absolute atomic E-state index is 10.9. The van der Waals surface area contributed by atoms with E-state index in [4.69, 9.17) is 5.11 Å². The van der Waals surface area contributed by atoms with E-state index in [-0.39, 0.29) is 11.9 Å². The molecular formula is C10H11NO2. The monoisotopic (exact) mass is 177 g/mol. The molecule has 13 heavy (non-hydrogen) atoms. The number of carbonyl (C=O) groups excluding carboxylic acids is 1. The Kier molecular flexibility index (Phi) is 2.02. The molecular weight excluding hydrogens is 166 g/mol. The van der Waals surface area contributed by atoms with Gasteiger partial charge < -0.3 is 10.4 Å². The number of aliphatic hydroxyl groups excluding tert-OH is 1. The van der Waals surface area contributed by atoms with Gasteiger partial charge in [0.05, 0.1) is 6.04 Å². The summed E-state index contributed by atoms with van der Waals surface area (Å²) < 4.78 is 0. The summed E-state index contributed by atoms with van der Waals surface area (Å²) in [5, 5.41) is 11.3. The van der Waals surface area contributed by atoms with E-state index in [9.17, 15) is 4.79 Å². The molecule has 3 nitrogen and oxygen atoms in total. The zero-order chi connectivity index (χ0) is 9.26. The second-order valence-electron chi connectivity index (χ2n) is 3.18. The Morgan fingerprint density at radius 1 is 1.54 bits per heavy atom. The molecule has 1 aromatic carbocycles. The molecule has 0 saturated carbocycles. The van der Waals surface area contributed by atoms with Gasteiger partial charge in [0.1, 0.15) is 6.61 Å². The second kappa shape index (κ2) is 3.18. The lowest BCUT2D eigenvalue weighted by atomic mass is 9.83. The predicted molar refractivity (Wildman–Crippen MR) is 48.1 cm³/mol. The molecule has 2 rings (SSSR count). The number of nitrogens with one attached hydrogen (secondary N) is 1. The molecule has 68 valence electrons. The summed E-state index contributed by atoms with van der Waals surface area (Å²) in [4.78, 5) is 10.9. The molecule has 1 atom stereocenters. The Morgan fingerprint density at radius 3 is 3.00 bits per heavy atom. The van der Waals surface area contributed by atoms with Crippen molar-refractivity contribution in [2.75, 3.05) is 6.61 Å². The van der Waals surface area contributed by atoms with Crippen molar-refractivity contribution in [2.24, 2.45) is 0 Å². The molecule has 3 heteroatoms. The maximum Gasteiger partial charge on any atom is 0.246 e. The molecule has 0 saturated heterocycles. The van der Waals surface area contributed by atoms with Gasteiger partial charge in [-0.25, -0.2) is 0 Å². The van der Waals surface area contributed by atoms with Gasteiger partial charge in [-0.3, -0.25) is 4.79 Å². The molecule has 1 aliphatic rings. The van der Waals surface area contributed by atoms with Crippen molar-refractivity contribution < 1.29 is 9.90 Å². The molecule has 0 aliphatic heterocycles. The molecule has 1 aromatic rings. The van der Waals surface area contributed by atoms with Crippen LogP contribution >= 0.6 is 0 Å². The predicted octanol–water partition coefficient (Wildman–Crippen LogP) is 0.392. The van der Waals surface area contributed by atoms with Crippen molar-refractivity contribution in [2.45, 2.75) is 12.5 Å². The van der Waals surface area contributed by atoms with Crippen LogP contribution in [0.4, 0.5) is 0 Å². The number of hydrogen-bond donors (Lipinski definition) is 2. The molecule has 0 fully saturated rings. The topological polar surface area (TPSA) is 49.3 Å². The van der Waals surface area contributed by atoms with Crippen LogP contribution in [0.25, 0.3) is 0 Å². The van der Waals surface area contributed by atoms with E-state index in [1.807, 2.05) is 18.2 Å². The number of amides is 1. The number of benzene rings is 1. The summed E-state index contributed by atoms with van der Waals surface area (Å²) in [5.41, 5.74) is 2.45. The van der Waals surface area contributed by atoms with E-state index < -0.39 is 6.61 Å². The van der Waals surface area contributed by atoms with Gasteiger partial charge >= 0.3 is 0 Å². The van der Waals surface area contributed by atoms with Gasteiger partial charge in [0.2, 0.25) is 5.91 Å².